The predicted octanol–water partition coefficient (Wildman–Crippen LogP) is 3.63. The molecule has 4 rings (SSSR count). The summed E-state index contributed by atoms with van der Waals surface area (Å²) in [7, 11) is 2.20. The largest absolute Gasteiger partial charge is 0.508 e. The number of phenols is 1. The highest BCUT2D eigenvalue weighted by Crippen LogP contribution is 2.48. The number of rotatable bonds is 1. The van der Waals surface area contributed by atoms with E-state index in [1.165, 1.54) is 22.3 Å². The molecular weight excluding hydrogens is 258 g/mol. The second-order valence-corrected chi connectivity index (χ2v) is 6.10. The molecule has 0 saturated carbocycles. The van der Waals surface area contributed by atoms with E-state index in [1.807, 2.05) is 0 Å². The third kappa shape index (κ3) is 1.98. The van der Waals surface area contributed by atoms with Crippen LogP contribution in [0, 0.1) is 0 Å². The molecule has 2 aliphatic rings. The van der Waals surface area contributed by atoms with Crippen LogP contribution < -0.4 is 0 Å². The second kappa shape index (κ2) is 4.74. The fraction of sp³-hybridized carbons (Fsp3) is 0.263. The number of aromatic hydroxyl groups is 1. The minimum atomic E-state index is 0.333. The summed E-state index contributed by atoms with van der Waals surface area (Å²) in [6, 6.07) is 16.5. The molecule has 2 aromatic carbocycles. The zero-order valence-electron chi connectivity index (χ0n) is 12.2. The molecule has 1 N–H and O–H groups in total. The minimum absolute atomic E-state index is 0.333. The maximum absolute atomic E-state index is 9.55. The monoisotopic (exact) mass is 277 g/mol. The van der Waals surface area contributed by atoms with Gasteiger partial charge in [-0.15, -0.1) is 0 Å². The van der Waals surface area contributed by atoms with Crippen LogP contribution in [0.4, 0.5) is 0 Å². The van der Waals surface area contributed by atoms with Crippen LogP contribution in [-0.2, 0) is 0 Å². The van der Waals surface area contributed by atoms with Crippen molar-refractivity contribution in [2.45, 2.75) is 12.3 Å². The molecule has 0 spiro atoms. The smallest absolute Gasteiger partial charge is 0.115 e. The van der Waals surface area contributed by atoms with E-state index in [2.05, 4.69) is 48.3 Å². The molecule has 2 nitrogen and oxygen atoms in total. The zero-order valence-corrected chi connectivity index (χ0v) is 12.2. The van der Waals surface area contributed by atoms with Crippen LogP contribution in [-0.4, -0.2) is 30.1 Å². The van der Waals surface area contributed by atoms with Crippen molar-refractivity contribution in [1.29, 1.82) is 0 Å². The van der Waals surface area contributed by atoms with Gasteiger partial charge in [0.2, 0.25) is 0 Å². The summed E-state index contributed by atoms with van der Waals surface area (Å²) in [6.07, 6.45) is 1.14. The highest BCUT2D eigenvalue weighted by Gasteiger charge is 2.34. The molecule has 2 aromatic rings. The van der Waals surface area contributed by atoms with Gasteiger partial charge in [-0.2, -0.15) is 0 Å². The van der Waals surface area contributed by atoms with Crippen LogP contribution in [0.15, 0.2) is 54.1 Å². The first-order valence-corrected chi connectivity index (χ1v) is 7.53. The van der Waals surface area contributed by atoms with Crippen molar-refractivity contribution >= 4 is 5.57 Å². The molecule has 1 heterocycles. The molecule has 0 fully saturated rings. The van der Waals surface area contributed by atoms with Crippen molar-refractivity contribution in [2.24, 2.45) is 0 Å². The van der Waals surface area contributed by atoms with E-state index in [-0.39, 0.29) is 0 Å². The number of hydrogen-bond donors (Lipinski definition) is 1. The maximum Gasteiger partial charge on any atom is 0.115 e. The van der Waals surface area contributed by atoms with Gasteiger partial charge in [-0.1, -0.05) is 36.4 Å². The molecule has 106 valence electrons. The lowest BCUT2D eigenvalue weighted by Crippen LogP contribution is -2.27. The second-order valence-electron chi connectivity index (χ2n) is 6.10. The van der Waals surface area contributed by atoms with Crippen molar-refractivity contribution in [1.82, 2.24) is 4.90 Å². The molecule has 1 aliphatic heterocycles. The molecule has 0 saturated heterocycles. The van der Waals surface area contributed by atoms with Gasteiger partial charge in [-0.3, -0.25) is 0 Å². The Labute approximate surface area is 125 Å². The summed E-state index contributed by atoms with van der Waals surface area (Å²) in [4.78, 5) is 2.40. The van der Waals surface area contributed by atoms with Crippen molar-refractivity contribution in [2.75, 3.05) is 20.1 Å². The van der Waals surface area contributed by atoms with Gasteiger partial charge in [0, 0.05) is 19.0 Å². The third-order valence-corrected chi connectivity index (χ3v) is 4.74. The van der Waals surface area contributed by atoms with E-state index >= 15 is 0 Å². The highest BCUT2D eigenvalue weighted by atomic mass is 16.3. The molecule has 0 radical (unpaired) electrons. The molecule has 21 heavy (non-hydrogen) atoms. The molecule has 0 aromatic heterocycles. The fourth-order valence-corrected chi connectivity index (χ4v) is 3.76. The standard InChI is InChI=1S/C19H19NO/c1-20-11-10-16-15-4-2-3-5-17(15)19(18(16)12-20)13-6-8-14(21)9-7-13/h2-9,19,21H,10-12H2,1H3. The number of phenolic OH excluding ortho intramolecular Hbond substituents is 1. The van der Waals surface area contributed by atoms with Crippen LogP contribution in [0.3, 0.4) is 0 Å². The van der Waals surface area contributed by atoms with Crippen molar-refractivity contribution in [3.63, 3.8) is 0 Å². The third-order valence-electron chi connectivity index (χ3n) is 4.74. The molecule has 0 bridgehead atoms. The minimum Gasteiger partial charge on any atom is -0.508 e. The average molecular weight is 277 g/mol. The number of benzene rings is 2. The summed E-state index contributed by atoms with van der Waals surface area (Å²) < 4.78 is 0. The van der Waals surface area contributed by atoms with Gasteiger partial charge >= 0.3 is 0 Å². The lowest BCUT2D eigenvalue weighted by Gasteiger charge is -2.27. The van der Waals surface area contributed by atoms with E-state index in [0.29, 0.717) is 11.7 Å². The Bertz CT molecular complexity index is 715. The zero-order chi connectivity index (χ0) is 14.4. The number of likely N-dealkylation sites (N-methyl/N-ethyl adjacent to an activating group) is 1. The maximum atomic E-state index is 9.55. The van der Waals surface area contributed by atoms with Crippen molar-refractivity contribution < 1.29 is 5.11 Å². The van der Waals surface area contributed by atoms with Gasteiger partial charge in [0.25, 0.3) is 0 Å². The predicted molar refractivity (Wildman–Crippen MR) is 85.4 cm³/mol. The topological polar surface area (TPSA) is 23.5 Å². The van der Waals surface area contributed by atoms with Gasteiger partial charge in [0.15, 0.2) is 0 Å². The van der Waals surface area contributed by atoms with Crippen LogP contribution in [0.1, 0.15) is 29.0 Å². The van der Waals surface area contributed by atoms with Crippen LogP contribution in [0.25, 0.3) is 5.57 Å². The number of fused-ring (bicyclic) bond motifs is 2. The van der Waals surface area contributed by atoms with Crippen molar-refractivity contribution in [3.05, 3.63) is 70.8 Å². The lowest BCUT2D eigenvalue weighted by molar-refractivity contribution is 0.356. The van der Waals surface area contributed by atoms with Crippen LogP contribution in [0.5, 0.6) is 5.75 Å². The molecule has 1 unspecified atom stereocenters. The summed E-state index contributed by atoms with van der Waals surface area (Å²) in [5.41, 5.74) is 7.21. The van der Waals surface area contributed by atoms with Crippen molar-refractivity contribution in [3.8, 4) is 5.75 Å². The van der Waals surface area contributed by atoms with Gasteiger partial charge in [0.05, 0.1) is 0 Å². The Hall–Kier alpha value is -2.06. The molecule has 0 amide bonds. The SMILES string of the molecule is CN1CCC2=C(C1)C(c1ccc(O)cc1)c1ccccc12. The molecule has 1 aliphatic carbocycles. The van der Waals surface area contributed by atoms with E-state index < -0.39 is 0 Å². The van der Waals surface area contributed by atoms with Gasteiger partial charge in [0.1, 0.15) is 5.75 Å². The Kier molecular flexibility index (Phi) is 2.86. The quantitative estimate of drug-likeness (QED) is 0.860. The van der Waals surface area contributed by atoms with E-state index in [0.717, 1.165) is 19.5 Å². The Morgan fingerprint density at radius 2 is 1.81 bits per heavy atom. The first-order chi connectivity index (χ1) is 10.2. The van der Waals surface area contributed by atoms with Crippen LogP contribution in [0.2, 0.25) is 0 Å². The Morgan fingerprint density at radius 1 is 1.05 bits per heavy atom. The van der Waals surface area contributed by atoms with E-state index in [9.17, 15) is 5.11 Å². The molecule has 2 heteroatoms. The normalized spacial score (nSPS) is 21.3. The average Bonchev–Trinajstić information content (AvgIpc) is 2.82. The first kappa shape index (κ1) is 12.7. The number of hydrogen-bond acceptors (Lipinski definition) is 2. The summed E-state index contributed by atoms with van der Waals surface area (Å²) in [6.45, 7) is 2.17. The van der Waals surface area contributed by atoms with E-state index in [1.54, 1.807) is 17.7 Å². The molecular formula is C19H19NO. The van der Waals surface area contributed by atoms with Crippen LogP contribution >= 0.6 is 0 Å². The summed E-state index contributed by atoms with van der Waals surface area (Å²) in [5, 5.41) is 9.55. The Balaban J connectivity index is 1.88. The highest BCUT2D eigenvalue weighted by molar-refractivity contribution is 5.81. The first-order valence-electron chi connectivity index (χ1n) is 7.53. The molecule has 1 atom stereocenters. The summed E-state index contributed by atoms with van der Waals surface area (Å²) in [5.74, 6) is 0.680. The lowest BCUT2D eigenvalue weighted by atomic mass is 9.87. The van der Waals surface area contributed by atoms with Gasteiger partial charge in [-0.05, 0) is 53.4 Å². The number of nitrogens with zero attached hydrogens (tertiary/aromatic N) is 1. The van der Waals surface area contributed by atoms with Gasteiger partial charge in [-0.25, -0.2) is 0 Å². The summed E-state index contributed by atoms with van der Waals surface area (Å²) >= 11 is 0. The van der Waals surface area contributed by atoms with Gasteiger partial charge < -0.3 is 10.0 Å². The Morgan fingerprint density at radius 3 is 2.62 bits per heavy atom. The van der Waals surface area contributed by atoms with E-state index in [4.69, 9.17) is 0 Å². The fourth-order valence-electron chi connectivity index (χ4n) is 3.76.